The first kappa shape index (κ1) is 21.0. The van der Waals surface area contributed by atoms with E-state index in [1.54, 1.807) is 6.92 Å². The molecular weight excluding hydrogens is 446 g/mol. The zero-order valence-corrected chi connectivity index (χ0v) is 19.7. The fourth-order valence-electron chi connectivity index (χ4n) is 7.06. The fraction of sp³-hybridized carbons (Fsp3) is 0.156. The quantitative estimate of drug-likeness (QED) is 0.373. The number of carbonyl (C=O) groups excluding carboxylic acids is 3. The monoisotopic (exact) mass is 469 g/mol. The van der Waals surface area contributed by atoms with Crippen molar-refractivity contribution in [3.8, 4) is 11.1 Å². The van der Waals surface area contributed by atoms with E-state index in [0.717, 1.165) is 33.4 Å². The molecule has 0 unspecified atom stereocenters. The van der Waals surface area contributed by atoms with Crippen molar-refractivity contribution in [3.05, 3.63) is 125 Å². The number of hydrogen-bond donors (Lipinski definition) is 0. The average Bonchev–Trinajstić information content (AvgIpc) is 3.19. The molecule has 4 aromatic rings. The van der Waals surface area contributed by atoms with Gasteiger partial charge in [-0.25, -0.2) is 4.90 Å². The Balaban J connectivity index is 1.41. The zero-order valence-electron chi connectivity index (χ0n) is 19.7. The van der Waals surface area contributed by atoms with Gasteiger partial charge in [-0.15, -0.1) is 0 Å². The van der Waals surface area contributed by atoms with E-state index >= 15 is 0 Å². The highest BCUT2D eigenvalue weighted by molar-refractivity contribution is 6.25. The summed E-state index contributed by atoms with van der Waals surface area (Å²) in [6.45, 7) is 1.56. The van der Waals surface area contributed by atoms with E-state index in [0.29, 0.717) is 5.69 Å². The van der Waals surface area contributed by atoms with Crippen LogP contribution in [0.1, 0.15) is 35.1 Å². The van der Waals surface area contributed by atoms with Crippen LogP contribution in [-0.2, 0) is 19.8 Å². The molecular formula is C32H23NO3. The summed E-state index contributed by atoms with van der Waals surface area (Å²) in [6.07, 6.45) is 0. The summed E-state index contributed by atoms with van der Waals surface area (Å²) in [7, 11) is 0. The van der Waals surface area contributed by atoms with Crippen LogP contribution in [0.15, 0.2) is 103 Å². The Hall–Kier alpha value is -4.31. The van der Waals surface area contributed by atoms with Crippen molar-refractivity contribution in [1.29, 1.82) is 0 Å². The lowest BCUT2D eigenvalue weighted by Gasteiger charge is -2.52. The Labute approximate surface area is 209 Å². The van der Waals surface area contributed by atoms with Gasteiger partial charge in [0.1, 0.15) is 5.78 Å². The summed E-state index contributed by atoms with van der Waals surface area (Å²) in [5, 5.41) is 0. The molecule has 0 radical (unpaired) electrons. The van der Waals surface area contributed by atoms with Crippen LogP contribution in [0.5, 0.6) is 0 Å². The lowest BCUT2D eigenvalue weighted by Crippen LogP contribution is -2.57. The number of carbonyl (C=O) groups is 3. The number of ketones is 1. The molecule has 0 spiro atoms. The minimum Gasteiger partial charge on any atom is -0.299 e. The molecule has 0 saturated carbocycles. The molecule has 8 rings (SSSR count). The van der Waals surface area contributed by atoms with E-state index in [1.807, 2.05) is 103 Å². The number of anilines is 1. The Kier molecular flexibility index (Phi) is 4.29. The van der Waals surface area contributed by atoms with Crippen molar-refractivity contribution in [3.63, 3.8) is 0 Å². The Bertz CT molecular complexity index is 1520. The van der Waals surface area contributed by atoms with Gasteiger partial charge in [0, 0.05) is 5.92 Å². The second kappa shape index (κ2) is 7.34. The number of nitrogens with zero attached hydrogens (tertiary/aromatic N) is 1. The van der Waals surface area contributed by atoms with Crippen LogP contribution in [0.2, 0.25) is 0 Å². The highest BCUT2D eigenvalue weighted by Gasteiger charge is 2.69. The van der Waals surface area contributed by atoms with Gasteiger partial charge in [-0.3, -0.25) is 14.4 Å². The van der Waals surface area contributed by atoms with E-state index in [-0.39, 0.29) is 23.5 Å². The Morgan fingerprint density at radius 2 is 1.19 bits per heavy atom. The topological polar surface area (TPSA) is 54.5 Å². The molecule has 2 amide bonds. The first-order valence-electron chi connectivity index (χ1n) is 12.3. The summed E-state index contributed by atoms with van der Waals surface area (Å²) in [4.78, 5) is 43.2. The highest BCUT2D eigenvalue weighted by atomic mass is 16.2. The van der Waals surface area contributed by atoms with Gasteiger partial charge in [0.15, 0.2) is 0 Å². The predicted molar refractivity (Wildman–Crippen MR) is 138 cm³/mol. The van der Waals surface area contributed by atoms with Crippen molar-refractivity contribution < 1.29 is 14.4 Å². The van der Waals surface area contributed by atoms with Crippen molar-refractivity contribution in [1.82, 2.24) is 0 Å². The van der Waals surface area contributed by atoms with Crippen LogP contribution in [0.3, 0.4) is 0 Å². The molecule has 4 heteroatoms. The van der Waals surface area contributed by atoms with Gasteiger partial charge in [-0.1, -0.05) is 91.0 Å². The van der Waals surface area contributed by atoms with Gasteiger partial charge >= 0.3 is 0 Å². The first-order chi connectivity index (χ1) is 17.5. The molecule has 4 aromatic carbocycles. The molecule has 1 heterocycles. The van der Waals surface area contributed by atoms with Crippen molar-refractivity contribution in [2.24, 2.45) is 11.8 Å². The molecule has 3 aliphatic carbocycles. The molecule has 36 heavy (non-hydrogen) atoms. The lowest BCUT2D eigenvalue weighted by atomic mass is 9.46. The van der Waals surface area contributed by atoms with Crippen molar-refractivity contribution in [2.75, 3.05) is 4.90 Å². The van der Waals surface area contributed by atoms with Crippen LogP contribution in [0.4, 0.5) is 5.69 Å². The third kappa shape index (κ3) is 2.46. The van der Waals surface area contributed by atoms with Gasteiger partial charge < -0.3 is 0 Å². The molecule has 1 fully saturated rings. The maximum Gasteiger partial charge on any atom is 0.239 e. The average molecular weight is 470 g/mol. The standard InChI is InChI=1S/C32H23NO3/c1-19(34)32-25-13-7-5-11-23(25)27(24-12-6-8-14-26(24)32)28-29(32)31(36)33(30(28)35)22-17-15-21(16-18-22)20-9-3-2-4-10-20/h2-18,27-29H,1H3/t27?,28-,29+,32?/m0/s1. The Morgan fingerprint density at radius 3 is 1.78 bits per heavy atom. The van der Waals surface area contributed by atoms with Crippen LogP contribution in [0.25, 0.3) is 11.1 Å². The van der Waals surface area contributed by atoms with E-state index in [2.05, 4.69) is 0 Å². The normalized spacial score (nSPS) is 25.4. The maximum atomic E-state index is 14.2. The highest BCUT2D eigenvalue weighted by Crippen LogP contribution is 2.64. The summed E-state index contributed by atoms with van der Waals surface area (Å²) >= 11 is 0. The third-order valence-corrected chi connectivity index (χ3v) is 8.41. The molecule has 1 aliphatic heterocycles. The van der Waals surface area contributed by atoms with Gasteiger partial charge in [0.25, 0.3) is 0 Å². The van der Waals surface area contributed by atoms with Crippen LogP contribution < -0.4 is 4.90 Å². The van der Waals surface area contributed by atoms with E-state index < -0.39 is 17.3 Å². The van der Waals surface area contributed by atoms with Crippen LogP contribution in [0, 0.1) is 11.8 Å². The minimum atomic E-state index is -1.17. The zero-order chi connectivity index (χ0) is 24.6. The predicted octanol–water partition coefficient (Wildman–Crippen LogP) is 5.49. The number of benzene rings is 4. The van der Waals surface area contributed by atoms with Crippen molar-refractivity contribution in [2.45, 2.75) is 18.3 Å². The van der Waals surface area contributed by atoms with Gasteiger partial charge in [-0.2, -0.15) is 0 Å². The third-order valence-electron chi connectivity index (χ3n) is 8.41. The molecule has 2 atom stereocenters. The summed E-state index contributed by atoms with van der Waals surface area (Å²) in [5.41, 5.74) is 5.15. The molecule has 4 nitrogen and oxygen atoms in total. The number of hydrogen-bond acceptors (Lipinski definition) is 3. The molecule has 0 N–H and O–H groups in total. The van der Waals surface area contributed by atoms with E-state index in [4.69, 9.17) is 0 Å². The largest absolute Gasteiger partial charge is 0.299 e. The van der Waals surface area contributed by atoms with Crippen LogP contribution in [-0.4, -0.2) is 17.6 Å². The number of rotatable bonds is 3. The molecule has 4 aliphatic rings. The summed E-state index contributed by atoms with van der Waals surface area (Å²) in [6, 6.07) is 33.2. The first-order valence-corrected chi connectivity index (χ1v) is 12.3. The second-order valence-electron chi connectivity index (χ2n) is 9.94. The van der Waals surface area contributed by atoms with E-state index in [1.165, 1.54) is 4.90 Å². The minimum absolute atomic E-state index is 0.0991. The van der Waals surface area contributed by atoms with Gasteiger partial charge in [0.2, 0.25) is 11.8 Å². The molecule has 2 bridgehead atoms. The molecule has 1 saturated heterocycles. The van der Waals surface area contributed by atoms with Crippen LogP contribution >= 0.6 is 0 Å². The fourth-order valence-corrected chi connectivity index (χ4v) is 7.06. The summed E-state index contributed by atoms with van der Waals surface area (Å²) < 4.78 is 0. The SMILES string of the molecule is CC(=O)C12c3ccccc3C(c3ccccc31)[C@@H]1C(=O)N(c3ccc(-c4ccccc4)cc3)C(=O)[C@@H]12. The summed E-state index contributed by atoms with van der Waals surface area (Å²) in [5.74, 6) is -2.24. The second-order valence-corrected chi connectivity index (χ2v) is 9.94. The van der Waals surface area contributed by atoms with E-state index in [9.17, 15) is 14.4 Å². The van der Waals surface area contributed by atoms with Gasteiger partial charge in [0.05, 0.1) is 22.9 Å². The Morgan fingerprint density at radius 1 is 0.667 bits per heavy atom. The smallest absolute Gasteiger partial charge is 0.239 e. The number of amides is 2. The van der Waals surface area contributed by atoms with Gasteiger partial charge in [-0.05, 0) is 52.4 Å². The number of imide groups is 1. The maximum absolute atomic E-state index is 14.2. The lowest BCUT2D eigenvalue weighted by molar-refractivity contribution is -0.132. The van der Waals surface area contributed by atoms with Crippen molar-refractivity contribution >= 4 is 23.3 Å². The number of Topliss-reactive ketones (excluding diaryl/α,β-unsaturated/α-hetero) is 1. The molecule has 0 aromatic heterocycles. The molecule has 174 valence electrons.